The van der Waals surface area contributed by atoms with E-state index in [1.54, 1.807) is 11.8 Å². The van der Waals surface area contributed by atoms with Gasteiger partial charge in [0.05, 0.1) is 19.3 Å². The van der Waals surface area contributed by atoms with E-state index in [1.165, 1.54) is 11.1 Å². The molecule has 1 fully saturated rings. The van der Waals surface area contributed by atoms with Crippen LogP contribution in [0.5, 0.6) is 0 Å². The molecule has 0 aliphatic carbocycles. The minimum Gasteiger partial charge on any atom is -0.377 e. The minimum absolute atomic E-state index is 0.337. The average Bonchev–Trinajstić information content (AvgIpc) is 2.64. The molecule has 0 atom stereocenters. The summed E-state index contributed by atoms with van der Waals surface area (Å²) >= 11 is 1.55. The summed E-state index contributed by atoms with van der Waals surface area (Å²) in [4.78, 5) is 5.44. The molecule has 1 N–H and O–H groups in total. The first-order chi connectivity index (χ1) is 13.4. The third kappa shape index (κ3) is 6.54. The second-order valence-electron chi connectivity index (χ2n) is 7.08. The summed E-state index contributed by atoms with van der Waals surface area (Å²) in [5.41, 5.74) is 5.84. The van der Waals surface area contributed by atoms with Crippen LogP contribution in [0.2, 0.25) is 0 Å². The number of ether oxygens (including phenoxy) is 1. The lowest BCUT2D eigenvalue weighted by Gasteiger charge is -2.29. The third-order valence-corrected chi connectivity index (χ3v) is 5.95. The van der Waals surface area contributed by atoms with Gasteiger partial charge in [0.2, 0.25) is 0 Å². The van der Waals surface area contributed by atoms with Crippen LogP contribution in [0.15, 0.2) is 75.8 Å². The smallest absolute Gasteiger partial charge is 0.104 e. The SMILES string of the molecule is C=C(NC1COC1)C(=C)SC(/N=C\C)=C(\C)C(=C)CCCc1ccccc1C. The van der Waals surface area contributed by atoms with Crippen LogP contribution < -0.4 is 5.32 Å². The van der Waals surface area contributed by atoms with Crippen molar-refractivity contribution >= 4 is 18.0 Å². The summed E-state index contributed by atoms with van der Waals surface area (Å²) in [5.74, 6) is 0. The maximum Gasteiger partial charge on any atom is 0.104 e. The van der Waals surface area contributed by atoms with Gasteiger partial charge in [-0.15, -0.1) is 0 Å². The first-order valence-corrected chi connectivity index (χ1v) is 10.6. The fourth-order valence-corrected chi connectivity index (χ4v) is 3.73. The molecule has 1 aromatic rings. The van der Waals surface area contributed by atoms with Crippen molar-refractivity contribution in [1.29, 1.82) is 0 Å². The summed E-state index contributed by atoms with van der Waals surface area (Å²) in [5, 5.41) is 4.28. The van der Waals surface area contributed by atoms with E-state index in [2.05, 4.69) is 68.2 Å². The predicted octanol–water partition coefficient (Wildman–Crippen LogP) is 5.95. The van der Waals surface area contributed by atoms with E-state index < -0.39 is 0 Å². The third-order valence-electron chi connectivity index (χ3n) is 4.86. The Hall–Kier alpha value is -2.04. The normalized spacial score (nSPS) is 15.1. The van der Waals surface area contributed by atoms with Crippen LogP contribution in [0.4, 0.5) is 0 Å². The van der Waals surface area contributed by atoms with Gasteiger partial charge in [-0.25, -0.2) is 0 Å². The van der Waals surface area contributed by atoms with E-state index in [0.29, 0.717) is 6.04 Å². The summed E-state index contributed by atoms with van der Waals surface area (Å²) in [6.07, 6.45) is 4.91. The number of aliphatic imine (C=N–C) groups is 1. The van der Waals surface area contributed by atoms with Crippen LogP contribution in [0.25, 0.3) is 0 Å². The number of thioether (sulfide) groups is 1. The monoisotopic (exact) mass is 396 g/mol. The van der Waals surface area contributed by atoms with Crippen molar-refractivity contribution in [2.45, 2.75) is 46.1 Å². The average molecular weight is 397 g/mol. The number of benzene rings is 1. The van der Waals surface area contributed by atoms with Crippen molar-refractivity contribution in [3.8, 4) is 0 Å². The Kier molecular flexibility index (Phi) is 8.81. The molecule has 0 radical (unpaired) electrons. The lowest BCUT2D eigenvalue weighted by Crippen LogP contribution is -2.45. The molecule has 2 rings (SSSR count). The van der Waals surface area contributed by atoms with Gasteiger partial charge < -0.3 is 10.1 Å². The highest BCUT2D eigenvalue weighted by Crippen LogP contribution is 2.34. The molecule has 1 heterocycles. The Morgan fingerprint density at radius 2 is 2.00 bits per heavy atom. The van der Waals surface area contributed by atoms with Crippen LogP contribution in [0, 0.1) is 6.92 Å². The Morgan fingerprint density at radius 3 is 2.61 bits per heavy atom. The first kappa shape index (κ1) is 22.3. The predicted molar refractivity (Wildman–Crippen MR) is 124 cm³/mol. The molecule has 0 unspecified atom stereocenters. The van der Waals surface area contributed by atoms with Crippen molar-refractivity contribution < 1.29 is 4.74 Å². The highest BCUT2D eigenvalue weighted by molar-refractivity contribution is 8.06. The molecule has 0 bridgehead atoms. The highest BCUT2D eigenvalue weighted by atomic mass is 32.2. The Bertz CT molecular complexity index is 788. The van der Waals surface area contributed by atoms with Gasteiger partial charge in [0.1, 0.15) is 5.03 Å². The lowest BCUT2D eigenvalue weighted by molar-refractivity contribution is -0.000291. The molecular formula is C24H32N2OS. The van der Waals surface area contributed by atoms with Gasteiger partial charge in [-0.2, -0.15) is 0 Å². The fraction of sp³-hybridized carbons (Fsp3) is 0.375. The van der Waals surface area contributed by atoms with Gasteiger partial charge in [-0.05, 0) is 62.3 Å². The van der Waals surface area contributed by atoms with Crippen LogP contribution in [0.1, 0.15) is 37.8 Å². The van der Waals surface area contributed by atoms with Crippen LogP contribution in [-0.2, 0) is 11.2 Å². The van der Waals surface area contributed by atoms with Crippen LogP contribution >= 0.6 is 11.8 Å². The van der Waals surface area contributed by atoms with Crippen LogP contribution in [0.3, 0.4) is 0 Å². The van der Waals surface area contributed by atoms with Crippen LogP contribution in [-0.4, -0.2) is 25.5 Å². The molecular weight excluding hydrogens is 364 g/mol. The van der Waals surface area contributed by atoms with E-state index in [4.69, 9.17) is 4.74 Å². The maximum absolute atomic E-state index is 5.20. The molecule has 3 nitrogen and oxygen atoms in total. The Morgan fingerprint density at radius 1 is 1.29 bits per heavy atom. The molecule has 1 saturated heterocycles. The molecule has 0 aromatic heterocycles. The topological polar surface area (TPSA) is 33.6 Å². The standard InChI is InChI=1S/C24H32N2OS/c1-7-25-24(28-21(6)20(5)26-23-15-27-16-23)19(4)17(2)12-10-14-22-13-9-8-11-18(22)3/h7-9,11,13,23,26H,2,5-6,10,12,14-16H2,1,3-4H3/b24-19+,25-7-. The zero-order chi connectivity index (χ0) is 20.5. The number of nitrogens with one attached hydrogen (secondary N) is 1. The van der Waals surface area contributed by atoms with Gasteiger partial charge in [-0.3, -0.25) is 4.99 Å². The van der Waals surface area contributed by atoms with Gasteiger partial charge >= 0.3 is 0 Å². The molecule has 4 heteroatoms. The number of nitrogens with zero attached hydrogens (tertiary/aromatic N) is 1. The van der Waals surface area contributed by atoms with E-state index in [1.807, 2.05) is 13.1 Å². The molecule has 0 amide bonds. The Balaban J connectivity index is 1.94. The molecule has 0 spiro atoms. The molecule has 1 aliphatic rings. The number of aryl methyl sites for hydroxylation is 2. The summed E-state index contributed by atoms with van der Waals surface area (Å²) in [6.45, 7) is 20.2. The van der Waals surface area contributed by atoms with Gasteiger partial charge in [0.15, 0.2) is 0 Å². The number of hydrogen-bond acceptors (Lipinski definition) is 4. The van der Waals surface area contributed by atoms with Crippen molar-refractivity contribution in [3.63, 3.8) is 0 Å². The molecule has 28 heavy (non-hydrogen) atoms. The second-order valence-corrected chi connectivity index (χ2v) is 8.17. The number of allylic oxidation sites excluding steroid dienone is 2. The molecule has 1 aliphatic heterocycles. The summed E-state index contributed by atoms with van der Waals surface area (Å²) < 4.78 is 5.20. The van der Waals surface area contributed by atoms with Gasteiger partial charge in [-0.1, -0.05) is 55.8 Å². The number of rotatable bonds is 11. The maximum atomic E-state index is 5.20. The van der Waals surface area contributed by atoms with E-state index in [0.717, 1.165) is 59.3 Å². The Labute approximate surface area is 174 Å². The van der Waals surface area contributed by atoms with E-state index >= 15 is 0 Å². The zero-order valence-electron chi connectivity index (χ0n) is 17.4. The largest absolute Gasteiger partial charge is 0.377 e. The fourth-order valence-electron chi connectivity index (χ4n) is 2.86. The molecule has 0 saturated carbocycles. The number of hydrogen-bond donors (Lipinski definition) is 1. The van der Waals surface area contributed by atoms with Crippen molar-refractivity contribution in [2.24, 2.45) is 4.99 Å². The highest BCUT2D eigenvalue weighted by Gasteiger charge is 2.19. The lowest BCUT2D eigenvalue weighted by atomic mass is 9.99. The van der Waals surface area contributed by atoms with Crippen molar-refractivity contribution in [3.05, 3.63) is 81.9 Å². The molecule has 1 aromatic carbocycles. The minimum atomic E-state index is 0.337. The van der Waals surface area contributed by atoms with E-state index in [9.17, 15) is 0 Å². The summed E-state index contributed by atoms with van der Waals surface area (Å²) in [7, 11) is 0. The zero-order valence-corrected chi connectivity index (χ0v) is 18.2. The van der Waals surface area contributed by atoms with Crippen molar-refractivity contribution in [1.82, 2.24) is 5.32 Å². The molecule has 150 valence electrons. The van der Waals surface area contributed by atoms with Gasteiger partial charge in [0.25, 0.3) is 0 Å². The van der Waals surface area contributed by atoms with E-state index in [-0.39, 0.29) is 0 Å². The first-order valence-electron chi connectivity index (χ1n) is 9.75. The van der Waals surface area contributed by atoms with Crippen molar-refractivity contribution in [2.75, 3.05) is 13.2 Å². The van der Waals surface area contributed by atoms with Gasteiger partial charge in [0, 0.05) is 16.8 Å². The quantitative estimate of drug-likeness (QED) is 0.371. The summed E-state index contributed by atoms with van der Waals surface area (Å²) in [6, 6.07) is 8.91. The second kappa shape index (κ2) is 11.1.